The molecule has 0 aliphatic carbocycles. The van der Waals surface area contributed by atoms with Gasteiger partial charge in [0, 0.05) is 28.3 Å². The predicted octanol–water partition coefficient (Wildman–Crippen LogP) is 4.58. The molecule has 0 aliphatic heterocycles. The van der Waals surface area contributed by atoms with Gasteiger partial charge in [-0.15, -0.1) is 0 Å². The molecule has 0 bridgehead atoms. The highest BCUT2D eigenvalue weighted by molar-refractivity contribution is 6.21. The molecule has 3 aromatic heterocycles. The van der Waals surface area contributed by atoms with E-state index in [1.54, 1.807) is 62.9 Å². The average molecular weight is 450 g/mol. The zero-order valence-electron chi connectivity index (χ0n) is 18.3. The third-order valence-corrected chi connectivity index (χ3v) is 5.65. The fourth-order valence-electron chi connectivity index (χ4n) is 3.90. The number of nitrogens with zero attached hydrogens (tertiary/aromatic N) is 2. The number of rotatable bonds is 5. The maximum absolute atomic E-state index is 13.5. The molecule has 34 heavy (non-hydrogen) atoms. The number of benzene rings is 2. The monoisotopic (exact) mass is 450 g/mol. The molecular formula is C26H18N4O4. The molecule has 0 aliphatic rings. The van der Waals surface area contributed by atoms with Gasteiger partial charge >= 0.3 is 0 Å². The van der Waals surface area contributed by atoms with Crippen LogP contribution < -0.4 is 15.0 Å². The van der Waals surface area contributed by atoms with Crippen molar-refractivity contribution in [2.75, 3.05) is 14.2 Å². The van der Waals surface area contributed by atoms with E-state index in [-0.39, 0.29) is 22.5 Å². The minimum atomic E-state index is -0.220. The van der Waals surface area contributed by atoms with Gasteiger partial charge in [-0.3, -0.25) is 10.2 Å². The molecule has 0 spiro atoms. The van der Waals surface area contributed by atoms with Gasteiger partial charge in [-0.1, -0.05) is 0 Å². The van der Waals surface area contributed by atoms with Crippen molar-refractivity contribution in [2.24, 2.45) is 0 Å². The Morgan fingerprint density at radius 1 is 1.06 bits per heavy atom. The highest BCUT2D eigenvalue weighted by Gasteiger charge is 2.21. The maximum Gasteiger partial charge on any atom is 0.231 e. The fraction of sp³-hybridized carbons (Fsp3) is 0.0769. The second-order valence-electron chi connectivity index (χ2n) is 7.52. The number of pyridine rings is 2. The SMILES string of the molecule is COc1ccc(C(=O)c2c[nH]c3c(C#N)c(=N)nc4oc(-c5ccc(OC)cc5)cc2c43)cc1. The van der Waals surface area contributed by atoms with E-state index < -0.39 is 0 Å². The van der Waals surface area contributed by atoms with Gasteiger partial charge in [0.1, 0.15) is 28.9 Å². The number of carbonyl (C=O) groups excluding carboxylic acids is 1. The summed E-state index contributed by atoms with van der Waals surface area (Å²) in [5.41, 5.74) is 2.02. The van der Waals surface area contributed by atoms with E-state index >= 15 is 0 Å². The van der Waals surface area contributed by atoms with E-state index in [9.17, 15) is 10.1 Å². The van der Waals surface area contributed by atoms with Crippen molar-refractivity contribution in [1.82, 2.24) is 9.97 Å². The van der Waals surface area contributed by atoms with Crippen LogP contribution >= 0.6 is 0 Å². The summed E-state index contributed by atoms with van der Waals surface area (Å²) in [6.45, 7) is 0. The molecule has 0 unspecified atom stereocenters. The smallest absolute Gasteiger partial charge is 0.231 e. The van der Waals surface area contributed by atoms with E-state index in [1.807, 2.05) is 18.2 Å². The van der Waals surface area contributed by atoms with E-state index in [0.717, 1.165) is 5.56 Å². The summed E-state index contributed by atoms with van der Waals surface area (Å²) in [6, 6.07) is 17.9. The standard InChI is InChI=1S/C26H18N4O4/c1-32-16-7-3-14(4-8-16)21-11-18-20(24(31)15-5-9-17(33-2)10-6-15)13-29-23-19(12-27)25(28)30-26(34-21)22(18)23/h3-11,13,28-29H,1-2H3. The van der Waals surface area contributed by atoms with E-state index in [1.165, 1.54) is 0 Å². The van der Waals surface area contributed by atoms with Crippen LogP contribution in [0.5, 0.6) is 11.5 Å². The zero-order valence-corrected chi connectivity index (χ0v) is 18.3. The topological polar surface area (TPSA) is 125 Å². The fourth-order valence-corrected chi connectivity index (χ4v) is 3.90. The van der Waals surface area contributed by atoms with Gasteiger partial charge in [0.15, 0.2) is 11.3 Å². The number of hydrogen-bond donors (Lipinski definition) is 2. The summed E-state index contributed by atoms with van der Waals surface area (Å²) < 4.78 is 16.5. The maximum atomic E-state index is 13.5. The summed E-state index contributed by atoms with van der Waals surface area (Å²) in [7, 11) is 3.15. The normalized spacial score (nSPS) is 10.9. The highest BCUT2D eigenvalue weighted by atomic mass is 16.5. The number of aromatic nitrogens is 2. The van der Waals surface area contributed by atoms with Crippen molar-refractivity contribution < 1.29 is 18.7 Å². The van der Waals surface area contributed by atoms with E-state index in [2.05, 4.69) is 9.97 Å². The van der Waals surface area contributed by atoms with Gasteiger partial charge in [-0.05, 0) is 54.6 Å². The molecule has 0 radical (unpaired) electrons. The molecule has 0 saturated carbocycles. The largest absolute Gasteiger partial charge is 0.497 e. The molecule has 0 amide bonds. The zero-order chi connectivity index (χ0) is 23.8. The molecule has 2 aromatic carbocycles. The summed E-state index contributed by atoms with van der Waals surface area (Å²) in [4.78, 5) is 20.7. The van der Waals surface area contributed by atoms with Gasteiger partial charge in [0.25, 0.3) is 0 Å². The minimum Gasteiger partial charge on any atom is -0.497 e. The lowest BCUT2D eigenvalue weighted by atomic mass is 9.97. The second kappa shape index (κ2) is 8.22. The first-order valence-corrected chi connectivity index (χ1v) is 10.3. The van der Waals surface area contributed by atoms with Crippen molar-refractivity contribution in [2.45, 2.75) is 0 Å². The number of H-pyrrole nitrogens is 1. The van der Waals surface area contributed by atoms with Crippen LogP contribution in [0.2, 0.25) is 0 Å². The van der Waals surface area contributed by atoms with Crippen LogP contribution in [0.15, 0.2) is 65.2 Å². The van der Waals surface area contributed by atoms with Crippen molar-refractivity contribution in [1.29, 1.82) is 10.7 Å². The number of methoxy groups -OCH3 is 2. The first-order valence-electron chi connectivity index (χ1n) is 10.3. The van der Waals surface area contributed by atoms with Gasteiger partial charge in [-0.2, -0.15) is 10.2 Å². The lowest BCUT2D eigenvalue weighted by Gasteiger charge is -2.13. The Morgan fingerprint density at radius 2 is 1.71 bits per heavy atom. The van der Waals surface area contributed by atoms with Gasteiger partial charge in [0.05, 0.1) is 25.1 Å². The number of aromatic amines is 1. The Balaban J connectivity index is 1.80. The Labute approximate surface area is 193 Å². The first kappa shape index (κ1) is 21.0. The van der Waals surface area contributed by atoms with Crippen LogP contribution in [0.4, 0.5) is 0 Å². The predicted molar refractivity (Wildman–Crippen MR) is 125 cm³/mol. The average Bonchev–Trinajstić information content (AvgIpc) is 2.88. The number of ether oxygens (including phenoxy) is 2. The molecule has 0 fully saturated rings. The van der Waals surface area contributed by atoms with Crippen molar-refractivity contribution in [3.63, 3.8) is 0 Å². The second-order valence-corrected chi connectivity index (χ2v) is 7.52. The van der Waals surface area contributed by atoms with Gasteiger partial charge < -0.3 is 18.9 Å². The number of nitriles is 1. The van der Waals surface area contributed by atoms with E-state index in [4.69, 9.17) is 19.3 Å². The van der Waals surface area contributed by atoms with E-state index in [0.29, 0.717) is 44.7 Å². The molecule has 2 N–H and O–H groups in total. The molecule has 0 saturated heterocycles. The third kappa shape index (κ3) is 3.36. The molecule has 8 nitrogen and oxygen atoms in total. The first-order chi connectivity index (χ1) is 16.5. The number of hydrogen-bond acceptors (Lipinski definition) is 7. The molecule has 8 heteroatoms. The Bertz CT molecular complexity index is 1660. The number of nitrogens with one attached hydrogen (secondary N) is 2. The Kier molecular flexibility index (Phi) is 5.07. The summed E-state index contributed by atoms with van der Waals surface area (Å²) in [6.07, 6.45) is 1.56. The van der Waals surface area contributed by atoms with Crippen LogP contribution in [0.25, 0.3) is 33.3 Å². The van der Waals surface area contributed by atoms with Crippen LogP contribution in [-0.2, 0) is 0 Å². The van der Waals surface area contributed by atoms with Gasteiger partial charge in [-0.25, -0.2) is 0 Å². The summed E-state index contributed by atoms with van der Waals surface area (Å²) in [5, 5.41) is 18.8. The van der Waals surface area contributed by atoms with Crippen molar-refractivity contribution in [3.8, 4) is 28.9 Å². The molecule has 3 heterocycles. The van der Waals surface area contributed by atoms with Crippen molar-refractivity contribution in [3.05, 3.63) is 83.0 Å². The van der Waals surface area contributed by atoms with Crippen LogP contribution in [-0.4, -0.2) is 30.0 Å². The van der Waals surface area contributed by atoms with Crippen LogP contribution in [0.1, 0.15) is 21.5 Å². The molecule has 0 atom stereocenters. The highest BCUT2D eigenvalue weighted by Crippen LogP contribution is 2.34. The number of carbonyl (C=O) groups is 1. The minimum absolute atomic E-state index is 0.0772. The third-order valence-electron chi connectivity index (χ3n) is 5.65. The van der Waals surface area contributed by atoms with Gasteiger partial charge in [0.2, 0.25) is 5.71 Å². The Morgan fingerprint density at radius 3 is 2.32 bits per heavy atom. The van der Waals surface area contributed by atoms with Crippen LogP contribution in [0, 0.1) is 16.7 Å². The summed E-state index contributed by atoms with van der Waals surface area (Å²) >= 11 is 0. The lowest BCUT2D eigenvalue weighted by molar-refractivity contribution is 0.104. The molecular weight excluding hydrogens is 432 g/mol. The lowest BCUT2D eigenvalue weighted by Crippen LogP contribution is -2.13. The number of ketones is 1. The summed E-state index contributed by atoms with van der Waals surface area (Å²) in [5.74, 6) is 1.58. The Hall–Kier alpha value is -4.90. The molecule has 5 rings (SSSR count). The molecule has 166 valence electrons. The van der Waals surface area contributed by atoms with Crippen molar-refractivity contribution >= 4 is 27.8 Å². The quantitative estimate of drug-likeness (QED) is 0.378. The van der Waals surface area contributed by atoms with Crippen LogP contribution in [0.3, 0.4) is 0 Å². The molecule has 5 aromatic rings.